The molecule has 1 saturated heterocycles. The number of fused-ring (bicyclic) bond motifs is 1. The average Bonchev–Trinajstić information content (AvgIpc) is 2.74. The zero-order chi connectivity index (χ0) is 20.2. The van der Waals surface area contributed by atoms with Crippen LogP contribution in [0.1, 0.15) is 18.9 Å². The molecule has 1 aromatic heterocycles. The fourth-order valence-corrected chi connectivity index (χ4v) is 4.37. The third-order valence-electron chi connectivity index (χ3n) is 5.93. The third kappa shape index (κ3) is 4.40. The Bertz CT molecular complexity index is 970. The molecule has 2 heterocycles. The maximum absolute atomic E-state index is 13.0. The fourth-order valence-electron chi connectivity index (χ4n) is 4.37. The van der Waals surface area contributed by atoms with Crippen molar-refractivity contribution in [3.63, 3.8) is 0 Å². The number of nitrogens with one attached hydrogen (secondary N) is 1. The largest absolute Gasteiger partial charge is 0.324 e. The van der Waals surface area contributed by atoms with Gasteiger partial charge in [0.1, 0.15) is 0 Å². The van der Waals surface area contributed by atoms with E-state index in [0.29, 0.717) is 5.92 Å². The number of amides is 2. The minimum absolute atomic E-state index is 0.0531. The Morgan fingerprint density at radius 2 is 2.00 bits per heavy atom. The van der Waals surface area contributed by atoms with E-state index in [2.05, 4.69) is 52.5 Å². The van der Waals surface area contributed by atoms with Gasteiger partial charge in [-0.3, -0.25) is 9.88 Å². The molecule has 1 aliphatic heterocycles. The van der Waals surface area contributed by atoms with E-state index in [-0.39, 0.29) is 12.1 Å². The second-order valence-electron chi connectivity index (χ2n) is 8.00. The molecule has 2 atom stereocenters. The van der Waals surface area contributed by atoms with E-state index in [4.69, 9.17) is 0 Å². The van der Waals surface area contributed by atoms with Gasteiger partial charge in [-0.05, 0) is 30.0 Å². The highest BCUT2D eigenvalue weighted by atomic mass is 16.2. The van der Waals surface area contributed by atoms with E-state index < -0.39 is 0 Å². The van der Waals surface area contributed by atoms with E-state index in [9.17, 15) is 4.79 Å². The van der Waals surface area contributed by atoms with Crippen LogP contribution in [0.25, 0.3) is 10.8 Å². The van der Waals surface area contributed by atoms with E-state index >= 15 is 0 Å². The monoisotopic (exact) mass is 388 g/mol. The van der Waals surface area contributed by atoms with E-state index in [1.165, 1.54) is 5.56 Å². The number of piperidine rings is 1. The van der Waals surface area contributed by atoms with E-state index in [1.807, 2.05) is 42.4 Å². The number of rotatable bonds is 4. The molecule has 3 aromatic rings. The number of hydrogen-bond donors (Lipinski definition) is 1. The van der Waals surface area contributed by atoms with Gasteiger partial charge in [-0.15, -0.1) is 0 Å². The highest BCUT2D eigenvalue weighted by Crippen LogP contribution is 2.25. The van der Waals surface area contributed by atoms with Gasteiger partial charge >= 0.3 is 6.03 Å². The Labute approximate surface area is 172 Å². The summed E-state index contributed by atoms with van der Waals surface area (Å²) in [5.74, 6) is 0.417. The maximum atomic E-state index is 13.0. The van der Waals surface area contributed by atoms with Gasteiger partial charge in [0.05, 0.1) is 5.69 Å². The molecular weight excluding hydrogens is 360 g/mol. The normalized spacial score (nSPS) is 19.8. The second kappa shape index (κ2) is 8.62. The van der Waals surface area contributed by atoms with Crippen molar-refractivity contribution in [3.05, 3.63) is 72.6 Å². The summed E-state index contributed by atoms with van der Waals surface area (Å²) in [4.78, 5) is 21.5. The first-order valence-electron chi connectivity index (χ1n) is 10.2. The van der Waals surface area contributed by atoms with Gasteiger partial charge in [-0.2, -0.15) is 0 Å². The standard InChI is InChI=1S/C24H28N4O/c1-18-16-28(17-19-7-4-3-5-8-19)14-12-23(18)27(2)24(29)26-22-10-6-9-20-15-25-13-11-21(20)22/h3-11,13,15,18,23H,12,14,16-17H2,1-2H3,(H,26,29)/t18-,23+/m1/s1. The molecule has 5 heteroatoms. The SMILES string of the molecule is C[C@@H]1CN(Cc2ccccc2)CC[C@@H]1N(C)C(=O)Nc1cccc2cnccc12. The third-order valence-corrected chi connectivity index (χ3v) is 5.93. The minimum atomic E-state index is -0.0531. The molecule has 0 saturated carbocycles. The van der Waals surface area contributed by atoms with Crippen LogP contribution in [0.4, 0.5) is 10.5 Å². The van der Waals surface area contributed by atoms with Gasteiger partial charge in [0.2, 0.25) is 0 Å². The Kier molecular flexibility index (Phi) is 5.76. The molecule has 1 N–H and O–H groups in total. The molecule has 4 rings (SSSR count). The Morgan fingerprint density at radius 1 is 1.17 bits per heavy atom. The summed E-state index contributed by atoms with van der Waals surface area (Å²) >= 11 is 0. The summed E-state index contributed by atoms with van der Waals surface area (Å²) in [6.45, 7) is 5.21. The molecule has 150 valence electrons. The number of carbonyl (C=O) groups is 1. The summed E-state index contributed by atoms with van der Waals surface area (Å²) < 4.78 is 0. The predicted octanol–water partition coefficient (Wildman–Crippen LogP) is 4.61. The molecule has 0 spiro atoms. The van der Waals surface area contributed by atoms with Crippen molar-refractivity contribution in [2.75, 3.05) is 25.5 Å². The number of aromatic nitrogens is 1. The molecule has 0 unspecified atom stereocenters. The number of likely N-dealkylation sites (tertiary alicyclic amines) is 1. The van der Waals surface area contributed by atoms with Crippen molar-refractivity contribution in [1.29, 1.82) is 0 Å². The first-order chi connectivity index (χ1) is 14.1. The van der Waals surface area contributed by atoms with E-state index in [1.54, 1.807) is 6.20 Å². The lowest BCUT2D eigenvalue weighted by molar-refractivity contribution is 0.0933. The van der Waals surface area contributed by atoms with Crippen LogP contribution < -0.4 is 5.32 Å². The predicted molar refractivity (Wildman–Crippen MR) is 118 cm³/mol. The molecule has 0 radical (unpaired) electrons. The van der Waals surface area contributed by atoms with Crippen LogP contribution >= 0.6 is 0 Å². The average molecular weight is 389 g/mol. The number of anilines is 1. The van der Waals surface area contributed by atoms with Crippen LogP contribution in [0, 0.1) is 5.92 Å². The summed E-state index contributed by atoms with van der Waals surface area (Å²) in [5.41, 5.74) is 2.17. The zero-order valence-corrected chi connectivity index (χ0v) is 17.1. The molecular formula is C24H28N4O. The number of hydrogen-bond acceptors (Lipinski definition) is 3. The maximum Gasteiger partial charge on any atom is 0.321 e. The van der Waals surface area contributed by atoms with Crippen molar-refractivity contribution in [2.45, 2.75) is 25.9 Å². The lowest BCUT2D eigenvalue weighted by Gasteiger charge is -2.41. The molecule has 5 nitrogen and oxygen atoms in total. The van der Waals surface area contributed by atoms with Gasteiger partial charge < -0.3 is 10.2 Å². The summed E-state index contributed by atoms with van der Waals surface area (Å²) in [5, 5.41) is 5.13. The first kappa shape index (κ1) is 19.4. The quantitative estimate of drug-likeness (QED) is 0.710. The van der Waals surface area contributed by atoms with Gasteiger partial charge in [-0.1, -0.05) is 49.4 Å². The Balaban J connectivity index is 1.39. The summed E-state index contributed by atoms with van der Waals surface area (Å²) in [6, 6.07) is 18.6. The molecule has 0 aliphatic carbocycles. The van der Waals surface area contributed by atoms with E-state index in [0.717, 1.165) is 42.5 Å². The van der Waals surface area contributed by atoms with Crippen molar-refractivity contribution < 1.29 is 4.79 Å². The topological polar surface area (TPSA) is 48.5 Å². The number of nitrogens with zero attached hydrogens (tertiary/aromatic N) is 3. The lowest BCUT2D eigenvalue weighted by atomic mass is 9.92. The lowest BCUT2D eigenvalue weighted by Crippen LogP contribution is -2.51. The van der Waals surface area contributed by atoms with Crippen LogP contribution in [-0.2, 0) is 6.54 Å². The highest BCUT2D eigenvalue weighted by molar-refractivity contribution is 6.01. The van der Waals surface area contributed by atoms with Gasteiger partial charge in [0.25, 0.3) is 0 Å². The number of urea groups is 1. The number of carbonyl (C=O) groups excluding carboxylic acids is 1. The van der Waals surface area contributed by atoms with Gasteiger partial charge in [0, 0.05) is 55.9 Å². The van der Waals surface area contributed by atoms with Gasteiger partial charge in [0.15, 0.2) is 0 Å². The van der Waals surface area contributed by atoms with Crippen LogP contribution in [0.5, 0.6) is 0 Å². The van der Waals surface area contributed by atoms with Crippen LogP contribution in [0.15, 0.2) is 67.0 Å². The summed E-state index contributed by atoms with van der Waals surface area (Å²) in [7, 11) is 1.91. The van der Waals surface area contributed by atoms with Crippen molar-refractivity contribution in [3.8, 4) is 0 Å². The zero-order valence-electron chi connectivity index (χ0n) is 17.1. The van der Waals surface area contributed by atoms with Crippen molar-refractivity contribution in [1.82, 2.24) is 14.8 Å². The van der Waals surface area contributed by atoms with Crippen molar-refractivity contribution >= 4 is 22.5 Å². The number of pyridine rings is 1. The molecule has 2 aromatic carbocycles. The van der Waals surface area contributed by atoms with Crippen LogP contribution in [0.3, 0.4) is 0 Å². The van der Waals surface area contributed by atoms with Crippen molar-refractivity contribution in [2.24, 2.45) is 5.92 Å². The highest BCUT2D eigenvalue weighted by Gasteiger charge is 2.31. The molecule has 0 bridgehead atoms. The van der Waals surface area contributed by atoms with Gasteiger partial charge in [-0.25, -0.2) is 4.79 Å². The smallest absolute Gasteiger partial charge is 0.321 e. The fraction of sp³-hybridized carbons (Fsp3) is 0.333. The Hall–Kier alpha value is -2.92. The molecule has 1 aliphatic rings. The van der Waals surface area contributed by atoms with Crippen LogP contribution in [0.2, 0.25) is 0 Å². The minimum Gasteiger partial charge on any atom is -0.324 e. The molecule has 29 heavy (non-hydrogen) atoms. The Morgan fingerprint density at radius 3 is 2.79 bits per heavy atom. The number of benzene rings is 2. The molecule has 2 amide bonds. The van der Waals surface area contributed by atoms with Crippen LogP contribution in [-0.4, -0.2) is 47.0 Å². The second-order valence-corrected chi connectivity index (χ2v) is 8.00. The first-order valence-corrected chi connectivity index (χ1v) is 10.2. The summed E-state index contributed by atoms with van der Waals surface area (Å²) in [6.07, 6.45) is 4.56. The molecule has 1 fully saturated rings.